The van der Waals surface area contributed by atoms with Crippen LogP contribution in [0.4, 0.5) is 0 Å². The highest BCUT2D eigenvalue weighted by atomic mass is 16.5. The molecule has 0 bridgehead atoms. The first-order valence-corrected chi connectivity index (χ1v) is 6.18. The van der Waals surface area contributed by atoms with Gasteiger partial charge >= 0.3 is 0 Å². The Kier molecular flexibility index (Phi) is 3.78. The lowest BCUT2D eigenvalue weighted by molar-refractivity contribution is -0.0626. The Labute approximate surface area is 107 Å². The summed E-state index contributed by atoms with van der Waals surface area (Å²) in [4.78, 5) is 0. The molecule has 1 aromatic carbocycles. The molecule has 0 saturated carbocycles. The highest BCUT2D eigenvalue weighted by Crippen LogP contribution is 2.42. The maximum Gasteiger partial charge on any atom is 0.135 e. The highest BCUT2D eigenvalue weighted by molar-refractivity contribution is 5.43. The molecule has 0 fully saturated rings. The van der Waals surface area contributed by atoms with Crippen molar-refractivity contribution in [2.24, 2.45) is 0 Å². The molecule has 1 aliphatic heterocycles. The zero-order valence-corrected chi connectivity index (χ0v) is 11.1. The molecule has 1 aliphatic rings. The molecule has 0 amide bonds. The zero-order valence-electron chi connectivity index (χ0n) is 11.1. The molecule has 1 aromatic rings. The van der Waals surface area contributed by atoms with Gasteiger partial charge in [-0.1, -0.05) is 6.92 Å². The Morgan fingerprint density at radius 1 is 1.44 bits per heavy atom. The van der Waals surface area contributed by atoms with Crippen molar-refractivity contribution in [1.82, 2.24) is 0 Å². The second-order valence-electron chi connectivity index (χ2n) is 4.70. The van der Waals surface area contributed by atoms with Crippen LogP contribution in [-0.2, 0) is 4.74 Å². The Bertz CT molecular complexity index is 418. The minimum Gasteiger partial charge on any atom is -0.497 e. The van der Waals surface area contributed by atoms with Gasteiger partial charge in [-0.15, -0.1) is 0 Å². The fourth-order valence-electron chi connectivity index (χ4n) is 2.41. The van der Waals surface area contributed by atoms with Gasteiger partial charge in [0.05, 0.1) is 19.8 Å². The lowest BCUT2D eigenvalue weighted by Gasteiger charge is -2.39. The molecular weight excluding hydrogens is 232 g/mol. The van der Waals surface area contributed by atoms with E-state index < -0.39 is 11.7 Å². The maximum absolute atomic E-state index is 10.3. The van der Waals surface area contributed by atoms with Crippen LogP contribution in [0.5, 0.6) is 11.5 Å². The van der Waals surface area contributed by atoms with E-state index in [4.69, 9.17) is 14.2 Å². The summed E-state index contributed by atoms with van der Waals surface area (Å²) in [6.07, 6.45) is 0.792. The van der Waals surface area contributed by atoms with E-state index in [0.717, 1.165) is 17.7 Å². The Morgan fingerprint density at radius 3 is 2.83 bits per heavy atom. The summed E-state index contributed by atoms with van der Waals surface area (Å²) in [7, 11) is 3.26. The molecule has 4 nitrogen and oxygen atoms in total. The molecule has 0 aliphatic carbocycles. The summed E-state index contributed by atoms with van der Waals surface area (Å²) in [6.45, 7) is 2.52. The molecule has 1 unspecified atom stereocenters. The van der Waals surface area contributed by atoms with Gasteiger partial charge < -0.3 is 19.3 Å². The lowest BCUT2D eigenvalue weighted by Crippen LogP contribution is -2.44. The van der Waals surface area contributed by atoms with Crippen LogP contribution in [-0.4, -0.2) is 31.5 Å². The topological polar surface area (TPSA) is 47.9 Å². The smallest absolute Gasteiger partial charge is 0.135 e. The van der Waals surface area contributed by atoms with Gasteiger partial charge in [0.25, 0.3) is 0 Å². The molecule has 0 aromatic heterocycles. The van der Waals surface area contributed by atoms with Crippen molar-refractivity contribution in [3.05, 3.63) is 23.8 Å². The monoisotopic (exact) mass is 252 g/mol. The van der Waals surface area contributed by atoms with Gasteiger partial charge in [0.15, 0.2) is 0 Å². The van der Waals surface area contributed by atoms with Crippen LogP contribution >= 0.6 is 0 Å². The summed E-state index contributed by atoms with van der Waals surface area (Å²) in [5.74, 6) is 1.44. The van der Waals surface area contributed by atoms with E-state index in [1.807, 2.05) is 25.1 Å². The molecular formula is C14H20O4. The number of aliphatic hydroxyl groups is 1. The van der Waals surface area contributed by atoms with E-state index in [2.05, 4.69) is 0 Å². The largest absolute Gasteiger partial charge is 0.497 e. The van der Waals surface area contributed by atoms with Crippen molar-refractivity contribution >= 4 is 0 Å². The van der Waals surface area contributed by atoms with E-state index in [9.17, 15) is 5.11 Å². The number of rotatable bonds is 4. The van der Waals surface area contributed by atoms with E-state index in [1.165, 1.54) is 0 Å². The third-order valence-corrected chi connectivity index (χ3v) is 3.52. The molecule has 0 radical (unpaired) electrons. The van der Waals surface area contributed by atoms with E-state index in [-0.39, 0.29) is 0 Å². The van der Waals surface area contributed by atoms with Crippen LogP contribution < -0.4 is 9.47 Å². The number of hydrogen-bond acceptors (Lipinski definition) is 4. The van der Waals surface area contributed by atoms with Gasteiger partial charge in [0.2, 0.25) is 0 Å². The number of aliphatic hydroxyl groups excluding tert-OH is 1. The Balaban J connectivity index is 2.33. The first-order valence-electron chi connectivity index (χ1n) is 6.18. The van der Waals surface area contributed by atoms with Gasteiger partial charge in [-0.2, -0.15) is 0 Å². The summed E-state index contributed by atoms with van der Waals surface area (Å²) >= 11 is 0. The highest BCUT2D eigenvalue weighted by Gasteiger charge is 2.39. The van der Waals surface area contributed by atoms with Crippen molar-refractivity contribution < 1.29 is 19.3 Å². The van der Waals surface area contributed by atoms with Crippen molar-refractivity contribution in [1.29, 1.82) is 0 Å². The van der Waals surface area contributed by atoms with Gasteiger partial charge in [-0.05, 0) is 24.6 Å². The molecule has 2 rings (SSSR count). The van der Waals surface area contributed by atoms with Gasteiger partial charge in [-0.3, -0.25) is 0 Å². The zero-order chi connectivity index (χ0) is 13.2. The molecule has 100 valence electrons. The molecule has 4 heteroatoms. The van der Waals surface area contributed by atoms with Gasteiger partial charge in [-0.25, -0.2) is 0 Å². The van der Waals surface area contributed by atoms with E-state index in [0.29, 0.717) is 18.8 Å². The number of fused-ring (bicyclic) bond motifs is 1. The lowest BCUT2D eigenvalue weighted by atomic mass is 9.87. The third kappa shape index (κ3) is 2.31. The first-order chi connectivity index (χ1) is 8.64. The van der Waals surface area contributed by atoms with Gasteiger partial charge in [0, 0.05) is 19.1 Å². The fourth-order valence-corrected chi connectivity index (χ4v) is 2.41. The van der Waals surface area contributed by atoms with Crippen molar-refractivity contribution in [2.75, 3.05) is 20.8 Å². The van der Waals surface area contributed by atoms with Crippen LogP contribution in [0.25, 0.3) is 0 Å². The van der Waals surface area contributed by atoms with Crippen molar-refractivity contribution in [2.45, 2.75) is 31.5 Å². The number of benzene rings is 1. The SMILES string of the molecule is CCC1(COC)C[C@H](O)c2cc(OC)ccc2O1. The quantitative estimate of drug-likeness (QED) is 0.893. The summed E-state index contributed by atoms with van der Waals surface area (Å²) < 4.78 is 16.4. The van der Waals surface area contributed by atoms with Gasteiger partial charge in [0.1, 0.15) is 17.1 Å². The molecule has 0 saturated heterocycles. The molecule has 18 heavy (non-hydrogen) atoms. The van der Waals surface area contributed by atoms with Crippen LogP contribution in [0.2, 0.25) is 0 Å². The number of hydrogen-bond donors (Lipinski definition) is 1. The predicted molar refractivity (Wildman–Crippen MR) is 68.1 cm³/mol. The molecule has 1 heterocycles. The molecule has 1 N–H and O–H groups in total. The van der Waals surface area contributed by atoms with Crippen molar-refractivity contribution in [3.63, 3.8) is 0 Å². The Morgan fingerprint density at radius 2 is 2.22 bits per heavy atom. The second-order valence-corrected chi connectivity index (χ2v) is 4.70. The summed E-state index contributed by atoms with van der Waals surface area (Å²) in [5.41, 5.74) is 0.352. The first kappa shape index (κ1) is 13.2. The number of methoxy groups -OCH3 is 2. The van der Waals surface area contributed by atoms with Crippen LogP contribution in [0.15, 0.2) is 18.2 Å². The minimum atomic E-state index is -0.543. The Hall–Kier alpha value is -1.26. The molecule has 0 spiro atoms. The minimum absolute atomic E-state index is 0.435. The predicted octanol–water partition coefficient (Wildman–Crippen LogP) is 2.31. The second kappa shape index (κ2) is 5.16. The normalized spacial score (nSPS) is 26.3. The summed E-state index contributed by atoms with van der Waals surface area (Å²) in [6, 6.07) is 5.51. The van der Waals surface area contributed by atoms with Crippen molar-refractivity contribution in [3.8, 4) is 11.5 Å². The van der Waals surface area contributed by atoms with Crippen LogP contribution in [0, 0.1) is 0 Å². The number of ether oxygens (including phenoxy) is 3. The summed E-state index contributed by atoms with van der Waals surface area (Å²) in [5, 5.41) is 10.3. The molecule has 2 atom stereocenters. The van der Waals surface area contributed by atoms with E-state index >= 15 is 0 Å². The average molecular weight is 252 g/mol. The van der Waals surface area contributed by atoms with Crippen LogP contribution in [0.3, 0.4) is 0 Å². The third-order valence-electron chi connectivity index (χ3n) is 3.52. The van der Waals surface area contributed by atoms with Crippen LogP contribution in [0.1, 0.15) is 31.4 Å². The fraction of sp³-hybridized carbons (Fsp3) is 0.571. The van der Waals surface area contributed by atoms with E-state index in [1.54, 1.807) is 14.2 Å². The average Bonchev–Trinajstić information content (AvgIpc) is 2.39. The maximum atomic E-state index is 10.3. The standard InChI is InChI=1S/C14H20O4/c1-4-14(9-16-2)8-12(15)11-7-10(17-3)5-6-13(11)18-14/h5-7,12,15H,4,8-9H2,1-3H3/t12-,14?/m0/s1.